The molecular formula is C20H20FN5O. The fourth-order valence-electron chi connectivity index (χ4n) is 3.36. The predicted molar refractivity (Wildman–Crippen MR) is 99.8 cm³/mol. The van der Waals surface area contributed by atoms with E-state index < -0.39 is 11.5 Å². The van der Waals surface area contributed by atoms with Gasteiger partial charge in [-0.3, -0.25) is 14.8 Å². The summed E-state index contributed by atoms with van der Waals surface area (Å²) in [6, 6.07) is 7.49. The van der Waals surface area contributed by atoms with Gasteiger partial charge in [0.05, 0.1) is 29.5 Å². The minimum Gasteiger partial charge on any atom is -0.306 e. The highest BCUT2D eigenvalue weighted by Gasteiger charge is 2.40. The van der Waals surface area contributed by atoms with Crippen LogP contribution < -0.4 is 0 Å². The van der Waals surface area contributed by atoms with Crippen LogP contribution in [0.5, 0.6) is 0 Å². The van der Waals surface area contributed by atoms with Crippen LogP contribution in [0.3, 0.4) is 0 Å². The smallest absolute Gasteiger partial charge is 0.176 e. The number of Topliss-reactive ketones (excluding diaryl/α,β-unsaturated/α-hetero) is 1. The zero-order chi connectivity index (χ0) is 18.9. The highest BCUT2D eigenvalue weighted by atomic mass is 19.1. The Morgan fingerprint density at radius 1 is 1.19 bits per heavy atom. The van der Waals surface area contributed by atoms with Gasteiger partial charge in [0, 0.05) is 49.3 Å². The third kappa shape index (κ3) is 3.68. The third-order valence-electron chi connectivity index (χ3n) is 5.12. The summed E-state index contributed by atoms with van der Waals surface area (Å²) in [6.45, 7) is 1.18. The molecule has 0 aliphatic carbocycles. The fraction of sp³-hybridized carbons (Fsp3) is 0.350. The van der Waals surface area contributed by atoms with Gasteiger partial charge in [-0.25, -0.2) is 4.39 Å². The van der Waals surface area contributed by atoms with Crippen molar-refractivity contribution in [2.45, 2.75) is 24.9 Å². The Hall–Kier alpha value is -2.80. The number of ketones is 1. The van der Waals surface area contributed by atoms with Gasteiger partial charge in [0.15, 0.2) is 11.5 Å². The van der Waals surface area contributed by atoms with Crippen molar-refractivity contribution < 1.29 is 9.18 Å². The lowest BCUT2D eigenvalue weighted by Gasteiger charge is -2.33. The summed E-state index contributed by atoms with van der Waals surface area (Å²) in [6.07, 6.45) is 5.37. The minimum absolute atomic E-state index is 0.0431. The Morgan fingerprint density at radius 3 is 2.74 bits per heavy atom. The number of likely N-dealkylation sites (tertiary alicyclic amines) is 1. The van der Waals surface area contributed by atoms with E-state index in [9.17, 15) is 9.18 Å². The van der Waals surface area contributed by atoms with Crippen LogP contribution in [0.1, 0.15) is 18.5 Å². The molecule has 2 aromatic heterocycles. The molecule has 1 aromatic carbocycles. The van der Waals surface area contributed by atoms with E-state index >= 15 is 0 Å². The molecule has 1 saturated heterocycles. The molecule has 0 unspecified atom stereocenters. The molecule has 0 atom stereocenters. The molecule has 1 aliphatic rings. The van der Waals surface area contributed by atoms with Crippen molar-refractivity contribution in [3.8, 4) is 11.3 Å². The highest BCUT2D eigenvalue weighted by molar-refractivity contribution is 5.90. The molecule has 7 heteroatoms. The van der Waals surface area contributed by atoms with Gasteiger partial charge < -0.3 is 4.90 Å². The highest BCUT2D eigenvalue weighted by Crippen LogP contribution is 2.28. The molecule has 6 nitrogen and oxygen atoms in total. The van der Waals surface area contributed by atoms with Crippen molar-refractivity contribution in [3.63, 3.8) is 0 Å². The number of piperidine rings is 1. The standard InChI is InChI=1S/C20H20FN5O/c1-26-8-4-20(21,5-9-26)19(27)12-16-11-15-10-14(2-3-17(15)25-24-16)18-13-22-6-7-23-18/h2-3,6-7,10-11,13H,4-5,8-9,12H2,1H3. The molecule has 3 heterocycles. The molecule has 0 N–H and O–H groups in total. The van der Waals surface area contributed by atoms with Gasteiger partial charge in [-0.05, 0) is 25.2 Å². The number of fused-ring (bicyclic) bond motifs is 1. The number of hydrogen-bond donors (Lipinski definition) is 0. The first-order chi connectivity index (χ1) is 13.0. The topological polar surface area (TPSA) is 71.9 Å². The monoisotopic (exact) mass is 365 g/mol. The average molecular weight is 365 g/mol. The zero-order valence-corrected chi connectivity index (χ0v) is 15.1. The second kappa shape index (κ2) is 7.08. The number of benzene rings is 1. The van der Waals surface area contributed by atoms with E-state index in [0.717, 1.165) is 16.6 Å². The molecule has 0 spiro atoms. The van der Waals surface area contributed by atoms with Gasteiger partial charge in [0.2, 0.25) is 0 Å². The van der Waals surface area contributed by atoms with Crippen molar-refractivity contribution in [2.24, 2.45) is 0 Å². The second-order valence-electron chi connectivity index (χ2n) is 7.07. The summed E-state index contributed by atoms with van der Waals surface area (Å²) in [5.74, 6) is -0.408. The summed E-state index contributed by atoms with van der Waals surface area (Å²) < 4.78 is 15.0. The van der Waals surface area contributed by atoms with E-state index in [2.05, 4.69) is 20.2 Å². The Balaban J connectivity index is 1.58. The van der Waals surface area contributed by atoms with Crippen molar-refractivity contribution in [1.29, 1.82) is 0 Å². The molecule has 138 valence electrons. The molecule has 0 bridgehead atoms. The molecule has 1 aliphatic heterocycles. The average Bonchev–Trinajstić information content (AvgIpc) is 2.70. The van der Waals surface area contributed by atoms with Crippen molar-refractivity contribution >= 4 is 16.7 Å². The molecule has 4 rings (SSSR count). The number of halogens is 1. The van der Waals surface area contributed by atoms with Gasteiger partial charge >= 0.3 is 0 Å². The summed E-state index contributed by atoms with van der Waals surface area (Å²) in [5.41, 5.74) is 1.10. The summed E-state index contributed by atoms with van der Waals surface area (Å²) in [7, 11) is 1.94. The van der Waals surface area contributed by atoms with Crippen LogP contribution in [0.2, 0.25) is 0 Å². The first-order valence-corrected chi connectivity index (χ1v) is 8.97. The van der Waals surface area contributed by atoms with Crippen molar-refractivity contribution in [3.05, 3.63) is 48.5 Å². The Labute approximate surface area is 156 Å². The van der Waals surface area contributed by atoms with E-state index in [1.54, 1.807) is 24.7 Å². The van der Waals surface area contributed by atoms with Crippen LogP contribution in [-0.2, 0) is 11.2 Å². The van der Waals surface area contributed by atoms with Gasteiger partial charge in [-0.2, -0.15) is 10.2 Å². The largest absolute Gasteiger partial charge is 0.306 e. The van der Waals surface area contributed by atoms with Crippen molar-refractivity contribution in [1.82, 2.24) is 25.1 Å². The van der Waals surface area contributed by atoms with Crippen LogP contribution in [0, 0.1) is 0 Å². The van der Waals surface area contributed by atoms with E-state index in [4.69, 9.17) is 0 Å². The normalized spacial score (nSPS) is 17.1. The quantitative estimate of drug-likeness (QED) is 0.708. The van der Waals surface area contributed by atoms with E-state index in [0.29, 0.717) is 24.3 Å². The predicted octanol–water partition coefficient (Wildman–Crippen LogP) is 2.63. The first-order valence-electron chi connectivity index (χ1n) is 8.97. The van der Waals surface area contributed by atoms with Gasteiger partial charge in [0.1, 0.15) is 0 Å². The third-order valence-corrected chi connectivity index (χ3v) is 5.12. The number of carbonyl (C=O) groups is 1. The lowest BCUT2D eigenvalue weighted by atomic mass is 9.87. The Bertz CT molecular complexity index is 971. The summed E-state index contributed by atoms with van der Waals surface area (Å²) in [5, 5.41) is 9.13. The number of aromatic nitrogens is 4. The van der Waals surface area contributed by atoms with E-state index in [-0.39, 0.29) is 19.3 Å². The fourth-order valence-corrected chi connectivity index (χ4v) is 3.36. The van der Waals surface area contributed by atoms with Crippen molar-refractivity contribution in [2.75, 3.05) is 20.1 Å². The van der Waals surface area contributed by atoms with Gasteiger partial charge in [-0.1, -0.05) is 6.07 Å². The molecular weight excluding hydrogens is 345 g/mol. The SMILES string of the molecule is CN1CCC(F)(C(=O)Cc2cc3cc(-c4cnccn4)ccc3nn2)CC1. The molecule has 0 amide bonds. The van der Waals surface area contributed by atoms with Crippen LogP contribution in [0.25, 0.3) is 22.2 Å². The maximum Gasteiger partial charge on any atom is 0.176 e. The Morgan fingerprint density at radius 2 is 2.00 bits per heavy atom. The molecule has 0 radical (unpaired) electrons. The second-order valence-corrected chi connectivity index (χ2v) is 7.07. The van der Waals surface area contributed by atoms with Crippen LogP contribution >= 0.6 is 0 Å². The van der Waals surface area contributed by atoms with E-state index in [1.807, 2.05) is 30.1 Å². The molecule has 27 heavy (non-hydrogen) atoms. The minimum atomic E-state index is -1.76. The molecule has 3 aromatic rings. The van der Waals surface area contributed by atoms with Crippen LogP contribution in [0.4, 0.5) is 4.39 Å². The first kappa shape index (κ1) is 17.6. The van der Waals surface area contributed by atoms with Crippen LogP contribution in [-0.4, -0.2) is 56.7 Å². The van der Waals surface area contributed by atoms with Gasteiger partial charge in [-0.15, -0.1) is 0 Å². The molecule has 1 fully saturated rings. The lowest BCUT2D eigenvalue weighted by molar-refractivity contribution is -0.132. The Kier molecular flexibility index (Phi) is 4.61. The zero-order valence-electron chi connectivity index (χ0n) is 15.1. The van der Waals surface area contributed by atoms with Crippen LogP contribution in [0.15, 0.2) is 42.9 Å². The number of carbonyl (C=O) groups excluding carboxylic acids is 1. The number of alkyl halides is 1. The lowest BCUT2D eigenvalue weighted by Crippen LogP contribution is -2.45. The number of rotatable bonds is 4. The maximum absolute atomic E-state index is 15.0. The summed E-state index contributed by atoms with van der Waals surface area (Å²) in [4.78, 5) is 23.0. The van der Waals surface area contributed by atoms with E-state index in [1.165, 1.54) is 0 Å². The van der Waals surface area contributed by atoms with Gasteiger partial charge in [0.25, 0.3) is 0 Å². The molecule has 0 saturated carbocycles. The summed E-state index contributed by atoms with van der Waals surface area (Å²) >= 11 is 0. The maximum atomic E-state index is 15.0. The number of hydrogen-bond acceptors (Lipinski definition) is 6. The number of nitrogens with zero attached hydrogens (tertiary/aromatic N) is 5.